The molecule has 0 amide bonds. The van der Waals surface area contributed by atoms with Gasteiger partial charge in [-0.25, -0.2) is 0 Å². The fraction of sp³-hybridized carbons (Fsp3) is 0.0588. The van der Waals surface area contributed by atoms with Crippen molar-refractivity contribution in [2.45, 2.75) is 5.79 Å². The highest BCUT2D eigenvalue weighted by Crippen LogP contribution is 2.48. The van der Waals surface area contributed by atoms with Crippen LogP contribution in [0.3, 0.4) is 0 Å². The number of aliphatic hydroxyl groups is 2. The van der Waals surface area contributed by atoms with E-state index in [0.717, 1.165) is 21.9 Å². The van der Waals surface area contributed by atoms with Gasteiger partial charge in [-0.1, -0.05) is 60.7 Å². The van der Waals surface area contributed by atoms with Gasteiger partial charge >= 0.3 is 0 Å². The minimum absolute atomic E-state index is 0.557. The summed E-state index contributed by atoms with van der Waals surface area (Å²) in [5.74, 6) is -1.89. The lowest BCUT2D eigenvalue weighted by Gasteiger charge is -2.18. The molecule has 0 saturated carbocycles. The maximum Gasteiger partial charge on any atom is 0.218 e. The zero-order valence-corrected chi connectivity index (χ0v) is 10.2. The maximum atomic E-state index is 10.4. The van der Waals surface area contributed by atoms with Crippen molar-refractivity contribution in [3.05, 3.63) is 71.8 Å². The second-order valence-electron chi connectivity index (χ2n) is 4.93. The number of hydrogen-bond donors (Lipinski definition) is 2. The molecule has 3 aromatic rings. The van der Waals surface area contributed by atoms with E-state index < -0.39 is 5.79 Å². The Kier molecular flexibility index (Phi) is 1.94. The lowest BCUT2D eigenvalue weighted by molar-refractivity contribution is -0.128. The number of benzene rings is 3. The van der Waals surface area contributed by atoms with E-state index in [4.69, 9.17) is 0 Å². The van der Waals surface area contributed by atoms with Crippen LogP contribution in [0, 0.1) is 0 Å². The summed E-state index contributed by atoms with van der Waals surface area (Å²) in [5, 5.41) is 23.0. The van der Waals surface area contributed by atoms with Crippen LogP contribution >= 0.6 is 0 Å². The van der Waals surface area contributed by atoms with Crippen LogP contribution in [-0.2, 0) is 5.79 Å². The van der Waals surface area contributed by atoms with E-state index in [9.17, 15) is 10.2 Å². The SMILES string of the molecule is OC1(O)c2ccccc2-c2c1ccc1ccccc21. The first kappa shape index (κ1) is 10.7. The van der Waals surface area contributed by atoms with Crippen LogP contribution in [0.5, 0.6) is 0 Å². The maximum absolute atomic E-state index is 10.4. The van der Waals surface area contributed by atoms with Crippen LogP contribution < -0.4 is 0 Å². The van der Waals surface area contributed by atoms with Crippen LogP contribution in [0.4, 0.5) is 0 Å². The van der Waals surface area contributed by atoms with Crippen molar-refractivity contribution < 1.29 is 10.2 Å². The Labute approximate surface area is 110 Å². The van der Waals surface area contributed by atoms with Crippen molar-refractivity contribution >= 4 is 10.8 Å². The normalized spacial score (nSPS) is 15.3. The molecular weight excluding hydrogens is 236 g/mol. The summed E-state index contributed by atoms with van der Waals surface area (Å²) in [7, 11) is 0. The van der Waals surface area contributed by atoms with E-state index in [0.29, 0.717) is 11.1 Å². The van der Waals surface area contributed by atoms with Crippen LogP contribution in [0.1, 0.15) is 11.1 Å². The molecule has 2 heteroatoms. The van der Waals surface area contributed by atoms with Crippen molar-refractivity contribution in [2.75, 3.05) is 0 Å². The number of rotatable bonds is 0. The minimum atomic E-state index is -1.89. The van der Waals surface area contributed by atoms with Gasteiger partial charge in [-0.15, -0.1) is 0 Å². The van der Waals surface area contributed by atoms with Gasteiger partial charge in [0.05, 0.1) is 0 Å². The van der Waals surface area contributed by atoms with E-state index in [1.165, 1.54) is 0 Å². The van der Waals surface area contributed by atoms with Crippen LogP contribution in [0.2, 0.25) is 0 Å². The molecule has 19 heavy (non-hydrogen) atoms. The lowest BCUT2D eigenvalue weighted by atomic mass is 9.97. The van der Waals surface area contributed by atoms with Gasteiger partial charge in [0, 0.05) is 11.1 Å². The lowest BCUT2D eigenvalue weighted by Crippen LogP contribution is -2.23. The Morgan fingerprint density at radius 2 is 1.42 bits per heavy atom. The third kappa shape index (κ3) is 1.27. The predicted octanol–water partition coefficient (Wildman–Crippen LogP) is 3.01. The van der Waals surface area contributed by atoms with Crippen LogP contribution in [0.25, 0.3) is 21.9 Å². The van der Waals surface area contributed by atoms with Gasteiger partial charge in [-0.2, -0.15) is 0 Å². The van der Waals surface area contributed by atoms with Gasteiger partial charge in [0.15, 0.2) is 0 Å². The third-order valence-corrected chi connectivity index (χ3v) is 3.88. The smallest absolute Gasteiger partial charge is 0.218 e. The highest BCUT2D eigenvalue weighted by Gasteiger charge is 2.40. The fourth-order valence-electron chi connectivity index (χ4n) is 3.00. The standard InChI is InChI=1S/C17H12O2/c18-17(19)14-8-4-3-7-13(14)16-12-6-2-1-5-11(12)9-10-15(16)17/h1-10,18-19H. The Balaban J connectivity index is 2.22. The van der Waals surface area contributed by atoms with Crippen molar-refractivity contribution in [3.63, 3.8) is 0 Å². The Hall–Kier alpha value is -2.16. The van der Waals surface area contributed by atoms with E-state index in [2.05, 4.69) is 0 Å². The molecular formula is C17H12O2. The summed E-state index contributed by atoms with van der Waals surface area (Å²) >= 11 is 0. The number of hydrogen-bond acceptors (Lipinski definition) is 2. The summed E-state index contributed by atoms with van der Waals surface area (Å²) < 4.78 is 0. The molecule has 4 rings (SSSR count). The summed E-state index contributed by atoms with van der Waals surface area (Å²) in [6.07, 6.45) is 0. The van der Waals surface area contributed by atoms with Gasteiger partial charge < -0.3 is 10.2 Å². The first-order chi connectivity index (χ1) is 9.19. The molecule has 0 heterocycles. The van der Waals surface area contributed by atoms with E-state index in [-0.39, 0.29) is 0 Å². The molecule has 0 aliphatic heterocycles. The summed E-state index contributed by atoms with van der Waals surface area (Å²) in [6.45, 7) is 0. The largest absolute Gasteiger partial charge is 0.358 e. The quantitative estimate of drug-likeness (QED) is 0.600. The van der Waals surface area contributed by atoms with Crippen molar-refractivity contribution in [3.8, 4) is 11.1 Å². The van der Waals surface area contributed by atoms with Crippen molar-refractivity contribution in [1.29, 1.82) is 0 Å². The molecule has 1 aliphatic carbocycles. The molecule has 2 N–H and O–H groups in total. The molecule has 2 nitrogen and oxygen atoms in total. The van der Waals surface area contributed by atoms with Gasteiger partial charge in [-0.3, -0.25) is 0 Å². The Morgan fingerprint density at radius 3 is 2.32 bits per heavy atom. The highest BCUT2D eigenvalue weighted by molar-refractivity contribution is 6.01. The zero-order valence-electron chi connectivity index (χ0n) is 10.2. The van der Waals surface area contributed by atoms with Crippen molar-refractivity contribution in [2.24, 2.45) is 0 Å². The first-order valence-electron chi connectivity index (χ1n) is 6.26. The monoisotopic (exact) mass is 248 g/mol. The molecule has 0 unspecified atom stereocenters. The van der Waals surface area contributed by atoms with E-state index in [1.807, 2.05) is 48.5 Å². The van der Waals surface area contributed by atoms with E-state index >= 15 is 0 Å². The Morgan fingerprint density at radius 1 is 0.684 bits per heavy atom. The van der Waals surface area contributed by atoms with Crippen molar-refractivity contribution in [1.82, 2.24) is 0 Å². The average molecular weight is 248 g/mol. The molecule has 0 radical (unpaired) electrons. The fourth-order valence-corrected chi connectivity index (χ4v) is 3.00. The van der Waals surface area contributed by atoms with Crippen LogP contribution in [-0.4, -0.2) is 10.2 Å². The average Bonchev–Trinajstić information content (AvgIpc) is 2.68. The second kappa shape index (κ2) is 3.44. The Bertz CT molecular complexity index is 803. The third-order valence-electron chi connectivity index (χ3n) is 3.88. The topological polar surface area (TPSA) is 40.5 Å². The minimum Gasteiger partial charge on any atom is -0.358 e. The molecule has 3 aromatic carbocycles. The molecule has 0 fully saturated rings. The summed E-state index contributed by atoms with van der Waals surface area (Å²) in [6, 6.07) is 19.2. The molecule has 92 valence electrons. The van der Waals surface area contributed by atoms with Gasteiger partial charge in [0.25, 0.3) is 0 Å². The highest BCUT2D eigenvalue weighted by atomic mass is 16.5. The molecule has 0 atom stereocenters. The molecule has 0 bridgehead atoms. The first-order valence-corrected chi connectivity index (χ1v) is 6.26. The van der Waals surface area contributed by atoms with Gasteiger partial charge in [0.2, 0.25) is 5.79 Å². The second-order valence-corrected chi connectivity index (χ2v) is 4.93. The molecule has 0 aromatic heterocycles. The summed E-state index contributed by atoms with van der Waals surface area (Å²) in [5.41, 5.74) is 2.95. The number of fused-ring (bicyclic) bond motifs is 5. The summed E-state index contributed by atoms with van der Waals surface area (Å²) in [4.78, 5) is 0. The van der Waals surface area contributed by atoms with Gasteiger partial charge in [0.1, 0.15) is 0 Å². The van der Waals surface area contributed by atoms with Crippen LogP contribution in [0.15, 0.2) is 60.7 Å². The van der Waals surface area contributed by atoms with Gasteiger partial charge in [-0.05, 0) is 21.9 Å². The predicted molar refractivity (Wildman–Crippen MR) is 74.6 cm³/mol. The molecule has 0 spiro atoms. The zero-order chi connectivity index (χ0) is 13.0. The molecule has 1 aliphatic rings. The molecule has 0 saturated heterocycles. The van der Waals surface area contributed by atoms with E-state index in [1.54, 1.807) is 12.1 Å².